The van der Waals surface area contributed by atoms with Crippen LogP contribution in [0.15, 0.2) is 10.7 Å². The van der Waals surface area contributed by atoms with E-state index in [0.717, 1.165) is 6.20 Å². The van der Waals surface area contributed by atoms with Gasteiger partial charge in [-0.3, -0.25) is 4.98 Å². The third-order valence-electron chi connectivity index (χ3n) is 1.59. The number of nitrogens with zero attached hydrogens (tertiary/aromatic N) is 2. The van der Waals surface area contributed by atoms with Gasteiger partial charge in [0.25, 0.3) is 6.43 Å². The highest BCUT2D eigenvalue weighted by atomic mass is 79.9. The summed E-state index contributed by atoms with van der Waals surface area (Å²) in [5, 5.41) is 8.68. The van der Waals surface area contributed by atoms with Crippen molar-refractivity contribution in [1.82, 2.24) is 4.98 Å². The Bertz CT molecular complexity index is 390. The van der Waals surface area contributed by atoms with Crippen molar-refractivity contribution in [3.63, 3.8) is 0 Å². The van der Waals surface area contributed by atoms with Crippen molar-refractivity contribution in [2.75, 3.05) is 0 Å². The number of hydrogen-bond acceptors (Lipinski definition) is 2. The van der Waals surface area contributed by atoms with E-state index in [1.807, 2.05) is 0 Å². The van der Waals surface area contributed by atoms with E-state index in [4.69, 9.17) is 16.9 Å². The van der Waals surface area contributed by atoms with Crippen LogP contribution >= 0.6 is 27.5 Å². The highest BCUT2D eigenvalue weighted by molar-refractivity contribution is 9.10. The predicted molar refractivity (Wildman–Crippen MR) is 51.2 cm³/mol. The van der Waals surface area contributed by atoms with E-state index in [1.165, 1.54) is 0 Å². The van der Waals surface area contributed by atoms with Gasteiger partial charge in [-0.2, -0.15) is 5.26 Å². The maximum atomic E-state index is 12.4. The number of halogens is 4. The Morgan fingerprint density at radius 3 is 2.71 bits per heavy atom. The van der Waals surface area contributed by atoms with Crippen molar-refractivity contribution < 1.29 is 8.78 Å². The van der Waals surface area contributed by atoms with Crippen molar-refractivity contribution in [3.05, 3.63) is 27.5 Å². The number of nitriles is 1. The van der Waals surface area contributed by atoms with Crippen LogP contribution in [-0.4, -0.2) is 4.98 Å². The minimum Gasteiger partial charge on any atom is -0.258 e. The Labute approximate surface area is 92.6 Å². The molecule has 6 heteroatoms. The molecular weight excluding hydrogens is 277 g/mol. The monoisotopic (exact) mass is 280 g/mol. The molecule has 0 amide bonds. The summed E-state index contributed by atoms with van der Waals surface area (Å²) in [6.45, 7) is 0. The average molecular weight is 281 g/mol. The van der Waals surface area contributed by atoms with Gasteiger partial charge in [0.2, 0.25) is 0 Å². The zero-order valence-electron chi connectivity index (χ0n) is 6.77. The normalized spacial score (nSPS) is 10.3. The van der Waals surface area contributed by atoms with Crippen LogP contribution in [0.1, 0.15) is 23.2 Å². The molecule has 1 heterocycles. The molecule has 0 aliphatic heterocycles. The van der Waals surface area contributed by atoms with Crippen LogP contribution in [0.25, 0.3) is 0 Å². The standard InChI is InChI=1S/C8H4BrClF2N2/c9-7-4(2-13)5(8(11)12)3-14-6(7)1-10/h3,8H,1H2. The predicted octanol–water partition coefficient (Wildman–Crippen LogP) is 3.39. The number of alkyl halides is 3. The summed E-state index contributed by atoms with van der Waals surface area (Å²) < 4.78 is 25.0. The van der Waals surface area contributed by atoms with Gasteiger partial charge in [0.05, 0.1) is 27.2 Å². The third-order valence-corrected chi connectivity index (χ3v) is 2.70. The Kier molecular flexibility index (Phi) is 3.78. The van der Waals surface area contributed by atoms with E-state index < -0.39 is 6.43 Å². The second-order valence-electron chi connectivity index (χ2n) is 2.40. The molecule has 0 aromatic carbocycles. The molecule has 0 atom stereocenters. The van der Waals surface area contributed by atoms with Gasteiger partial charge in [0, 0.05) is 6.20 Å². The largest absolute Gasteiger partial charge is 0.266 e. The molecule has 0 unspecified atom stereocenters. The first-order valence-corrected chi connectivity index (χ1v) is 4.86. The number of aromatic nitrogens is 1. The SMILES string of the molecule is N#Cc1c(C(F)F)cnc(CCl)c1Br. The summed E-state index contributed by atoms with van der Waals surface area (Å²) in [6, 6.07) is 1.69. The molecule has 74 valence electrons. The van der Waals surface area contributed by atoms with Crippen molar-refractivity contribution in [3.8, 4) is 6.07 Å². The lowest BCUT2D eigenvalue weighted by Gasteiger charge is -2.06. The fraction of sp³-hybridized carbons (Fsp3) is 0.250. The molecule has 0 saturated heterocycles. The van der Waals surface area contributed by atoms with Crippen LogP contribution in [0, 0.1) is 11.3 Å². The van der Waals surface area contributed by atoms with Gasteiger partial charge < -0.3 is 0 Å². The molecule has 1 aromatic heterocycles. The van der Waals surface area contributed by atoms with Crippen LogP contribution in [0.5, 0.6) is 0 Å². The van der Waals surface area contributed by atoms with E-state index in [2.05, 4.69) is 20.9 Å². The maximum Gasteiger partial charge on any atom is 0.266 e. The molecule has 0 fully saturated rings. The Balaban J connectivity index is 3.38. The number of pyridine rings is 1. The Morgan fingerprint density at radius 1 is 1.64 bits per heavy atom. The Hall–Kier alpha value is -0.730. The van der Waals surface area contributed by atoms with Gasteiger partial charge in [-0.25, -0.2) is 8.78 Å². The summed E-state index contributed by atoms with van der Waals surface area (Å²) in [6.07, 6.45) is -1.73. The quantitative estimate of drug-likeness (QED) is 0.779. The van der Waals surface area contributed by atoms with Gasteiger partial charge in [0.1, 0.15) is 6.07 Å². The molecule has 0 bridgehead atoms. The van der Waals surface area contributed by atoms with Crippen LogP contribution in [-0.2, 0) is 5.88 Å². The Morgan fingerprint density at radius 2 is 2.29 bits per heavy atom. The molecule has 0 N–H and O–H groups in total. The van der Waals surface area contributed by atoms with Crippen molar-refractivity contribution in [1.29, 1.82) is 5.26 Å². The first kappa shape index (κ1) is 11.3. The van der Waals surface area contributed by atoms with E-state index in [9.17, 15) is 8.78 Å². The van der Waals surface area contributed by atoms with Gasteiger partial charge in [-0.05, 0) is 15.9 Å². The van der Waals surface area contributed by atoms with Gasteiger partial charge >= 0.3 is 0 Å². The zero-order chi connectivity index (χ0) is 10.7. The van der Waals surface area contributed by atoms with Crippen LogP contribution in [0.4, 0.5) is 8.78 Å². The minimum atomic E-state index is -2.71. The lowest BCUT2D eigenvalue weighted by Crippen LogP contribution is -1.98. The highest BCUT2D eigenvalue weighted by Gasteiger charge is 2.18. The smallest absolute Gasteiger partial charge is 0.258 e. The van der Waals surface area contributed by atoms with Gasteiger partial charge in [-0.15, -0.1) is 11.6 Å². The second kappa shape index (κ2) is 4.67. The van der Waals surface area contributed by atoms with Crippen molar-refractivity contribution in [2.24, 2.45) is 0 Å². The molecule has 0 radical (unpaired) electrons. The zero-order valence-corrected chi connectivity index (χ0v) is 9.11. The first-order chi connectivity index (χ1) is 6.61. The molecule has 14 heavy (non-hydrogen) atoms. The summed E-state index contributed by atoms with van der Waals surface area (Å²) >= 11 is 8.52. The van der Waals surface area contributed by atoms with Crippen molar-refractivity contribution in [2.45, 2.75) is 12.3 Å². The number of rotatable bonds is 2. The summed E-state index contributed by atoms with van der Waals surface area (Å²) in [5.41, 5.74) is -0.105. The summed E-state index contributed by atoms with van der Waals surface area (Å²) in [7, 11) is 0. The molecule has 2 nitrogen and oxygen atoms in total. The molecule has 1 rings (SSSR count). The lowest BCUT2D eigenvalue weighted by atomic mass is 10.1. The average Bonchev–Trinajstić information content (AvgIpc) is 2.17. The lowest BCUT2D eigenvalue weighted by molar-refractivity contribution is 0.150. The molecule has 0 saturated carbocycles. The third kappa shape index (κ3) is 2.02. The molecule has 0 aliphatic carbocycles. The summed E-state index contributed by atoms with van der Waals surface area (Å²) in [5.74, 6) is 0.0682. The number of hydrogen-bond donors (Lipinski definition) is 0. The van der Waals surface area contributed by atoms with Crippen molar-refractivity contribution >= 4 is 27.5 Å². The fourth-order valence-electron chi connectivity index (χ4n) is 0.912. The van der Waals surface area contributed by atoms with E-state index >= 15 is 0 Å². The minimum absolute atomic E-state index is 0.0682. The van der Waals surface area contributed by atoms with E-state index in [0.29, 0.717) is 5.69 Å². The molecule has 1 aromatic rings. The van der Waals surface area contributed by atoms with E-state index in [-0.39, 0.29) is 21.5 Å². The second-order valence-corrected chi connectivity index (χ2v) is 3.46. The maximum absolute atomic E-state index is 12.4. The van der Waals surface area contributed by atoms with Gasteiger partial charge in [-0.1, -0.05) is 0 Å². The highest BCUT2D eigenvalue weighted by Crippen LogP contribution is 2.29. The molecule has 0 spiro atoms. The van der Waals surface area contributed by atoms with Crippen LogP contribution in [0.3, 0.4) is 0 Å². The van der Waals surface area contributed by atoms with E-state index in [1.54, 1.807) is 6.07 Å². The molecule has 0 aliphatic rings. The van der Waals surface area contributed by atoms with Crippen LogP contribution in [0.2, 0.25) is 0 Å². The van der Waals surface area contributed by atoms with Crippen LogP contribution < -0.4 is 0 Å². The first-order valence-electron chi connectivity index (χ1n) is 3.53. The molecular formula is C8H4BrClF2N2. The van der Waals surface area contributed by atoms with Gasteiger partial charge in [0.15, 0.2) is 0 Å². The topological polar surface area (TPSA) is 36.7 Å². The summed E-state index contributed by atoms with van der Waals surface area (Å²) in [4.78, 5) is 3.72. The fourth-order valence-corrected chi connectivity index (χ4v) is 1.84.